The Labute approximate surface area is 159 Å². The highest BCUT2D eigenvalue weighted by Gasteiger charge is 2.30. The van der Waals surface area contributed by atoms with E-state index in [0.29, 0.717) is 6.42 Å². The van der Waals surface area contributed by atoms with Crippen LogP contribution in [0.2, 0.25) is 0 Å². The number of benzene rings is 2. The van der Waals surface area contributed by atoms with Crippen LogP contribution >= 0.6 is 0 Å². The number of rotatable bonds is 4. The lowest BCUT2D eigenvalue weighted by Gasteiger charge is -2.40. The molecule has 0 bridgehead atoms. The van der Waals surface area contributed by atoms with Crippen LogP contribution in [0.1, 0.15) is 17.2 Å². The minimum atomic E-state index is 0.0794. The fourth-order valence-electron chi connectivity index (χ4n) is 3.77. The maximum Gasteiger partial charge on any atom is 0.227 e. The molecule has 5 nitrogen and oxygen atoms in total. The molecule has 1 atom stereocenters. The van der Waals surface area contributed by atoms with Gasteiger partial charge in [-0.3, -0.25) is 4.79 Å². The topological polar surface area (TPSA) is 45.9 Å². The summed E-state index contributed by atoms with van der Waals surface area (Å²) in [6.45, 7) is 2.47. The maximum atomic E-state index is 13.2. The van der Waals surface area contributed by atoms with Gasteiger partial charge in [0.2, 0.25) is 5.91 Å². The van der Waals surface area contributed by atoms with Gasteiger partial charge in [0.1, 0.15) is 11.3 Å². The second kappa shape index (κ2) is 7.45. The second-order valence-electron chi connectivity index (χ2n) is 7.08. The summed E-state index contributed by atoms with van der Waals surface area (Å²) < 4.78 is 10.9. The lowest BCUT2D eigenvalue weighted by Crippen LogP contribution is -2.49. The molecule has 140 valence electrons. The zero-order valence-corrected chi connectivity index (χ0v) is 15.7. The van der Waals surface area contributed by atoms with Gasteiger partial charge in [-0.15, -0.1) is 0 Å². The van der Waals surface area contributed by atoms with Gasteiger partial charge in [-0.05, 0) is 24.7 Å². The summed E-state index contributed by atoms with van der Waals surface area (Å²) in [7, 11) is 3.74. The molecule has 1 aromatic heterocycles. The van der Waals surface area contributed by atoms with Crippen LogP contribution in [0.3, 0.4) is 0 Å². The number of amides is 1. The van der Waals surface area contributed by atoms with Crippen LogP contribution in [0.15, 0.2) is 59.2 Å². The van der Waals surface area contributed by atoms with Gasteiger partial charge in [-0.25, -0.2) is 0 Å². The number of carbonyl (C=O) groups excluding carboxylic acids is 1. The van der Waals surface area contributed by atoms with E-state index in [0.717, 1.165) is 41.9 Å². The highest BCUT2D eigenvalue weighted by molar-refractivity contribution is 5.88. The molecule has 0 N–H and O–H groups in total. The molecular weight excluding hydrogens is 340 g/mol. The third-order valence-corrected chi connectivity index (χ3v) is 5.29. The van der Waals surface area contributed by atoms with E-state index in [1.165, 1.54) is 5.56 Å². The molecule has 1 aliphatic heterocycles. The maximum absolute atomic E-state index is 13.2. The van der Waals surface area contributed by atoms with Crippen LogP contribution in [0.4, 0.5) is 0 Å². The van der Waals surface area contributed by atoms with Crippen molar-refractivity contribution in [3.63, 3.8) is 0 Å². The van der Waals surface area contributed by atoms with Crippen molar-refractivity contribution in [3.05, 3.63) is 65.9 Å². The van der Waals surface area contributed by atoms with Crippen LogP contribution in [0.25, 0.3) is 11.0 Å². The van der Waals surface area contributed by atoms with Gasteiger partial charge in [0.15, 0.2) is 0 Å². The van der Waals surface area contributed by atoms with E-state index < -0.39 is 0 Å². The Bertz CT molecular complexity index is 935. The fraction of sp³-hybridized carbons (Fsp3) is 0.318. The number of piperazine rings is 1. The Morgan fingerprint density at radius 2 is 2.00 bits per heavy atom. The SMILES string of the molecule is COc1ccc2c(CC(=O)N3CCN(C)CC3c3ccccc3)coc2c1. The highest BCUT2D eigenvalue weighted by Crippen LogP contribution is 2.29. The zero-order valence-electron chi connectivity index (χ0n) is 15.7. The zero-order chi connectivity index (χ0) is 18.8. The van der Waals surface area contributed by atoms with Gasteiger partial charge in [0.25, 0.3) is 0 Å². The minimum absolute atomic E-state index is 0.0794. The number of ether oxygens (including phenoxy) is 1. The number of carbonyl (C=O) groups is 1. The quantitative estimate of drug-likeness (QED) is 0.711. The molecule has 2 aromatic carbocycles. The Balaban J connectivity index is 1.58. The number of furan rings is 1. The summed E-state index contributed by atoms with van der Waals surface area (Å²) in [4.78, 5) is 17.5. The van der Waals surface area contributed by atoms with Gasteiger partial charge in [0, 0.05) is 36.7 Å². The van der Waals surface area contributed by atoms with Crippen LogP contribution in [-0.2, 0) is 11.2 Å². The van der Waals surface area contributed by atoms with Gasteiger partial charge in [0.05, 0.1) is 25.8 Å². The Morgan fingerprint density at radius 3 is 2.78 bits per heavy atom. The highest BCUT2D eigenvalue weighted by atomic mass is 16.5. The molecule has 4 rings (SSSR count). The van der Waals surface area contributed by atoms with Crippen molar-refractivity contribution >= 4 is 16.9 Å². The standard InChI is InChI=1S/C22H24N2O3/c1-23-10-11-24(20(14-23)16-6-4-3-5-7-16)22(25)12-17-15-27-21-13-18(26-2)8-9-19(17)21/h3-9,13,15,20H,10-12,14H2,1-2H3. The third-order valence-electron chi connectivity index (χ3n) is 5.29. The van der Waals surface area contributed by atoms with Crippen molar-refractivity contribution in [2.45, 2.75) is 12.5 Å². The van der Waals surface area contributed by atoms with Crippen molar-refractivity contribution in [3.8, 4) is 5.75 Å². The van der Waals surface area contributed by atoms with Crippen LogP contribution in [0, 0.1) is 0 Å². The van der Waals surface area contributed by atoms with E-state index in [4.69, 9.17) is 9.15 Å². The summed E-state index contributed by atoms with van der Waals surface area (Å²) in [6.07, 6.45) is 2.03. The van der Waals surface area contributed by atoms with E-state index in [1.807, 2.05) is 41.3 Å². The molecule has 1 unspecified atom stereocenters. The van der Waals surface area contributed by atoms with Crippen LogP contribution in [-0.4, -0.2) is 49.5 Å². The van der Waals surface area contributed by atoms with Crippen molar-refractivity contribution in [2.24, 2.45) is 0 Å². The number of methoxy groups -OCH3 is 1. The minimum Gasteiger partial charge on any atom is -0.497 e. The van der Waals surface area contributed by atoms with Crippen molar-refractivity contribution in [1.29, 1.82) is 0 Å². The molecular formula is C22H24N2O3. The summed E-state index contributed by atoms with van der Waals surface area (Å²) in [5.74, 6) is 0.883. The Kier molecular flexibility index (Phi) is 4.86. The molecule has 1 fully saturated rings. The number of nitrogens with zero attached hydrogens (tertiary/aromatic N) is 2. The van der Waals surface area contributed by atoms with Crippen molar-refractivity contribution in [2.75, 3.05) is 33.8 Å². The van der Waals surface area contributed by atoms with Crippen molar-refractivity contribution < 1.29 is 13.9 Å². The molecule has 5 heteroatoms. The van der Waals surface area contributed by atoms with E-state index in [2.05, 4.69) is 24.1 Å². The normalized spacial score (nSPS) is 18.0. The summed E-state index contributed by atoms with van der Waals surface area (Å²) in [5, 5.41) is 0.967. The average molecular weight is 364 g/mol. The molecule has 2 heterocycles. The summed E-state index contributed by atoms with van der Waals surface area (Å²) in [5.41, 5.74) is 2.85. The number of likely N-dealkylation sites (N-methyl/N-ethyl adjacent to an activating group) is 1. The predicted octanol–water partition coefficient (Wildman–Crippen LogP) is 3.50. The lowest BCUT2D eigenvalue weighted by molar-refractivity contribution is -0.135. The third kappa shape index (κ3) is 3.55. The predicted molar refractivity (Wildman–Crippen MR) is 105 cm³/mol. The van der Waals surface area contributed by atoms with E-state index in [9.17, 15) is 4.79 Å². The number of hydrogen-bond donors (Lipinski definition) is 0. The molecule has 1 aliphatic rings. The number of fused-ring (bicyclic) bond motifs is 1. The first-order chi connectivity index (χ1) is 13.2. The first-order valence-electron chi connectivity index (χ1n) is 9.23. The summed E-state index contributed by atoms with van der Waals surface area (Å²) in [6, 6.07) is 16.1. The average Bonchev–Trinajstić information content (AvgIpc) is 3.10. The first-order valence-corrected chi connectivity index (χ1v) is 9.23. The lowest BCUT2D eigenvalue weighted by atomic mass is 10.0. The summed E-state index contributed by atoms with van der Waals surface area (Å²) >= 11 is 0. The monoisotopic (exact) mass is 364 g/mol. The van der Waals surface area contributed by atoms with E-state index in [-0.39, 0.29) is 11.9 Å². The molecule has 0 aliphatic carbocycles. The first kappa shape index (κ1) is 17.6. The molecule has 1 amide bonds. The Morgan fingerprint density at radius 1 is 1.19 bits per heavy atom. The fourth-order valence-corrected chi connectivity index (χ4v) is 3.77. The Hall–Kier alpha value is -2.79. The molecule has 27 heavy (non-hydrogen) atoms. The van der Waals surface area contributed by atoms with E-state index in [1.54, 1.807) is 13.4 Å². The molecule has 1 saturated heterocycles. The number of hydrogen-bond acceptors (Lipinski definition) is 4. The van der Waals surface area contributed by atoms with Gasteiger partial charge >= 0.3 is 0 Å². The van der Waals surface area contributed by atoms with Gasteiger partial charge in [-0.1, -0.05) is 30.3 Å². The van der Waals surface area contributed by atoms with Gasteiger partial charge in [-0.2, -0.15) is 0 Å². The largest absolute Gasteiger partial charge is 0.497 e. The van der Waals surface area contributed by atoms with Gasteiger partial charge < -0.3 is 19.0 Å². The second-order valence-corrected chi connectivity index (χ2v) is 7.08. The molecule has 0 saturated carbocycles. The van der Waals surface area contributed by atoms with Crippen molar-refractivity contribution in [1.82, 2.24) is 9.80 Å². The van der Waals surface area contributed by atoms with Crippen LogP contribution < -0.4 is 4.74 Å². The smallest absolute Gasteiger partial charge is 0.227 e. The van der Waals surface area contributed by atoms with Crippen LogP contribution in [0.5, 0.6) is 5.75 Å². The molecule has 3 aromatic rings. The molecule has 0 spiro atoms. The molecule has 0 radical (unpaired) electrons. The van der Waals surface area contributed by atoms with E-state index >= 15 is 0 Å².